The summed E-state index contributed by atoms with van der Waals surface area (Å²) in [4.78, 5) is 2.44. The minimum atomic E-state index is 0. The second kappa shape index (κ2) is 7.22. The van der Waals surface area contributed by atoms with Gasteiger partial charge in [-0.05, 0) is 50.7 Å². The Hall–Kier alpha value is -0.280. The van der Waals surface area contributed by atoms with Crippen LogP contribution < -0.4 is 5.32 Å². The highest BCUT2D eigenvalue weighted by molar-refractivity contribution is 6.30. The molecule has 1 aliphatic rings. The Morgan fingerprint density at radius 2 is 2.06 bits per heavy atom. The Balaban J connectivity index is 0.00000144. The number of rotatable bonds is 3. The molecule has 0 atom stereocenters. The van der Waals surface area contributed by atoms with E-state index in [1.165, 1.54) is 18.4 Å². The third-order valence-electron chi connectivity index (χ3n) is 3.25. The van der Waals surface area contributed by atoms with Gasteiger partial charge in [-0.2, -0.15) is 0 Å². The first kappa shape index (κ1) is 14.8. The topological polar surface area (TPSA) is 15.3 Å². The summed E-state index contributed by atoms with van der Waals surface area (Å²) < 4.78 is 0. The van der Waals surface area contributed by atoms with E-state index in [1.807, 2.05) is 12.1 Å². The zero-order valence-corrected chi connectivity index (χ0v) is 11.7. The lowest BCUT2D eigenvalue weighted by atomic mass is 10.0. The predicted molar refractivity (Wildman–Crippen MR) is 76.1 cm³/mol. The molecule has 0 spiro atoms. The second-order valence-electron chi connectivity index (χ2n) is 4.53. The van der Waals surface area contributed by atoms with Crippen molar-refractivity contribution in [2.45, 2.75) is 25.4 Å². The van der Waals surface area contributed by atoms with Crippen molar-refractivity contribution in [3.05, 3.63) is 34.9 Å². The van der Waals surface area contributed by atoms with Crippen molar-refractivity contribution in [3.63, 3.8) is 0 Å². The van der Waals surface area contributed by atoms with Crippen LogP contribution in [0.1, 0.15) is 18.4 Å². The largest absolute Gasteiger partial charge is 0.317 e. The molecule has 0 bridgehead atoms. The van der Waals surface area contributed by atoms with Crippen molar-refractivity contribution >= 4 is 24.0 Å². The Kier molecular flexibility index (Phi) is 6.28. The van der Waals surface area contributed by atoms with E-state index in [2.05, 4.69) is 29.4 Å². The molecule has 1 heterocycles. The van der Waals surface area contributed by atoms with Crippen molar-refractivity contribution in [1.82, 2.24) is 10.2 Å². The third-order valence-corrected chi connectivity index (χ3v) is 3.49. The van der Waals surface area contributed by atoms with Gasteiger partial charge < -0.3 is 5.32 Å². The van der Waals surface area contributed by atoms with Gasteiger partial charge >= 0.3 is 0 Å². The fourth-order valence-corrected chi connectivity index (χ4v) is 2.51. The average molecular weight is 275 g/mol. The minimum absolute atomic E-state index is 0. The number of benzene rings is 1. The Labute approximate surface area is 115 Å². The zero-order valence-electron chi connectivity index (χ0n) is 10.2. The first-order chi connectivity index (χ1) is 7.75. The summed E-state index contributed by atoms with van der Waals surface area (Å²) in [5.74, 6) is 0. The Morgan fingerprint density at radius 3 is 2.71 bits per heavy atom. The monoisotopic (exact) mass is 274 g/mol. The van der Waals surface area contributed by atoms with Crippen LogP contribution in [0.15, 0.2) is 24.3 Å². The Morgan fingerprint density at radius 1 is 1.35 bits per heavy atom. The van der Waals surface area contributed by atoms with Crippen molar-refractivity contribution in [2.75, 3.05) is 20.1 Å². The lowest BCUT2D eigenvalue weighted by Crippen LogP contribution is -2.40. The van der Waals surface area contributed by atoms with Gasteiger partial charge in [0.2, 0.25) is 0 Å². The summed E-state index contributed by atoms with van der Waals surface area (Å²) >= 11 is 5.99. The average Bonchev–Trinajstić information content (AvgIpc) is 2.30. The normalized spacial score (nSPS) is 16.9. The molecule has 1 fully saturated rings. The summed E-state index contributed by atoms with van der Waals surface area (Å²) in [5, 5.41) is 4.22. The van der Waals surface area contributed by atoms with Crippen LogP contribution in [-0.2, 0) is 6.54 Å². The number of nitrogens with one attached hydrogen (secondary N) is 1. The molecule has 0 aliphatic carbocycles. The molecule has 2 rings (SSSR count). The number of piperidine rings is 1. The van der Waals surface area contributed by atoms with Crippen LogP contribution in [0.5, 0.6) is 0 Å². The molecule has 0 aromatic heterocycles. The third kappa shape index (κ3) is 4.47. The molecule has 1 aromatic rings. The maximum absolute atomic E-state index is 5.99. The van der Waals surface area contributed by atoms with Crippen molar-refractivity contribution < 1.29 is 0 Å². The number of halogens is 2. The van der Waals surface area contributed by atoms with E-state index in [1.54, 1.807) is 0 Å². The molecule has 2 nitrogen and oxygen atoms in total. The number of hydrogen-bond donors (Lipinski definition) is 1. The van der Waals surface area contributed by atoms with Gasteiger partial charge in [-0.1, -0.05) is 23.7 Å². The van der Waals surface area contributed by atoms with Crippen LogP contribution in [0.4, 0.5) is 0 Å². The van der Waals surface area contributed by atoms with Crippen LogP contribution in [0.2, 0.25) is 5.02 Å². The minimum Gasteiger partial charge on any atom is -0.317 e. The van der Waals surface area contributed by atoms with Gasteiger partial charge in [0, 0.05) is 17.6 Å². The summed E-state index contributed by atoms with van der Waals surface area (Å²) in [5.41, 5.74) is 1.30. The highest BCUT2D eigenvalue weighted by Crippen LogP contribution is 2.16. The van der Waals surface area contributed by atoms with Crippen molar-refractivity contribution in [1.29, 1.82) is 0 Å². The molecule has 0 amide bonds. The number of hydrogen-bond acceptors (Lipinski definition) is 2. The SMILES string of the molecule is CN(Cc1cccc(Cl)c1)C1CCNCC1.Cl. The molecule has 96 valence electrons. The molecule has 0 radical (unpaired) electrons. The maximum atomic E-state index is 5.99. The van der Waals surface area contributed by atoms with Gasteiger partial charge in [-0.25, -0.2) is 0 Å². The number of nitrogens with zero attached hydrogens (tertiary/aromatic N) is 1. The van der Waals surface area contributed by atoms with E-state index in [0.717, 1.165) is 24.7 Å². The first-order valence-corrected chi connectivity index (χ1v) is 6.29. The Bertz CT molecular complexity index is 338. The lowest BCUT2D eigenvalue weighted by Gasteiger charge is -2.31. The molecular formula is C13H20Cl2N2. The molecule has 1 saturated heterocycles. The van der Waals surface area contributed by atoms with Gasteiger partial charge in [-0.15, -0.1) is 12.4 Å². The molecular weight excluding hydrogens is 255 g/mol. The molecule has 0 saturated carbocycles. The van der Waals surface area contributed by atoms with Crippen LogP contribution in [0.3, 0.4) is 0 Å². The van der Waals surface area contributed by atoms with Gasteiger partial charge in [0.05, 0.1) is 0 Å². The van der Waals surface area contributed by atoms with Crippen LogP contribution in [0, 0.1) is 0 Å². The lowest BCUT2D eigenvalue weighted by molar-refractivity contribution is 0.192. The molecule has 1 N–H and O–H groups in total. The fourth-order valence-electron chi connectivity index (χ4n) is 2.30. The van der Waals surface area contributed by atoms with Crippen molar-refractivity contribution in [3.8, 4) is 0 Å². The van der Waals surface area contributed by atoms with Crippen LogP contribution >= 0.6 is 24.0 Å². The molecule has 1 aromatic carbocycles. The van der Waals surface area contributed by atoms with E-state index in [-0.39, 0.29) is 12.4 Å². The molecule has 4 heteroatoms. The van der Waals surface area contributed by atoms with Gasteiger partial charge in [0.25, 0.3) is 0 Å². The van der Waals surface area contributed by atoms with E-state index in [4.69, 9.17) is 11.6 Å². The fraction of sp³-hybridized carbons (Fsp3) is 0.538. The summed E-state index contributed by atoms with van der Waals surface area (Å²) in [7, 11) is 2.21. The van der Waals surface area contributed by atoms with Crippen LogP contribution in [0.25, 0.3) is 0 Å². The predicted octanol–water partition coefficient (Wildman–Crippen LogP) is 2.95. The maximum Gasteiger partial charge on any atom is 0.0409 e. The van der Waals surface area contributed by atoms with Gasteiger partial charge in [-0.3, -0.25) is 4.90 Å². The molecule has 0 unspecified atom stereocenters. The second-order valence-corrected chi connectivity index (χ2v) is 4.96. The quantitative estimate of drug-likeness (QED) is 0.912. The van der Waals surface area contributed by atoms with Crippen LogP contribution in [-0.4, -0.2) is 31.1 Å². The zero-order chi connectivity index (χ0) is 11.4. The summed E-state index contributed by atoms with van der Waals surface area (Å²) in [6.45, 7) is 3.28. The highest BCUT2D eigenvalue weighted by Gasteiger charge is 2.17. The molecule has 17 heavy (non-hydrogen) atoms. The van der Waals surface area contributed by atoms with E-state index < -0.39 is 0 Å². The van der Waals surface area contributed by atoms with Gasteiger partial charge in [0.1, 0.15) is 0 Å². The standard InChI is InChI=1S/C13H19ClN2.ClH/c1-16(13-5-7-15-8-6-13)10-11-3-2-4-12(14)9-11;/h2-4,9,13,15H,5-8,10H2,1H3;1H. The van der Waals surface area contributed by atoms with E-state index >= 15 is 0 Å². The van der Waals surface area contributed by atoms with E-state index in [0.29, 0.717) is 6.04 Å². The van der Waals surface area contributed by atoms with Crippen molar-refractivity contribution in [2.24, 2.45) is 0 Å². The highest BCUT2D eigenvalue weighted by atomic mass is 35.5. The smallest absolute Gasteiger partial charge is 0.0409 e. The summed E-state index contributed by atoms with van der Waals surface area (Å²) in [6, 6.07) is 8.85. The first-order valence-electron chi connectivity index (χ1n) is 5.91. The summed E-state index contributed by atoms with van der Waals surface area (Å²) in [6.07, 6.45) is 2.49. The van der Waals surface area contributed by atoms with Gasteiger partial charge in [0.15, 0.2) is 0 Å². The molecule has 1 aliphatic heterocycles. The van der Waals surface area contributed by atoms with E-state index in [9.17, 15) is 0 Å².